The average Bonchev–Trinajstić information content (AvgIpc) is 3.24. The van der Waals surface area contributed by atoms with Gasteiger partial charge in [-0.3, -0.25) is 4.79 Å². The Morgan fingerprint density at radius 2 is 1.85 bits per heavy atom. The van der Waals surface area contributed by atoms with Gasteiger partial charge in [0.2, 0.25) is 11.1 Å². The minimum absolute atomic E-state index is 0.126. The molecule has 0 saturated heterocycles. The van der Waals surface area contributed by atoms with Crippen LogP contribution in [0.4, 0.5) is 5.82 Å². The van der Waals surface area contributed by atoms with E-state index in [1.54, 1.807) is 21.6 Å². The van der Waals surface area contributed by atoms with Crippen LogP contribution in [0.5, 0.6) is 0 Å². The van der Waals surface area contributed by atoms with Crippen molar-refractivity contribution < 1.29 is 4.79 Å². The molecule has 2 heterocycles. The smallest absolute Gasteiger partial charge is 0.238 e. The van der Waals surface area contributed by atoms with E-state index in [9.17, 15) is 4.79 Å². The first-order valence-corrected chi connectivity index (χ1v) is 9.62. The third kappa shape index (κ3) is 4.02. The summed E-state index contributed by atoms with van der Waals surface area (Å²) in [5.41, 5.74) is 3.08. The fraction of sp³-hybridized carbons (Fsp3) is 0.389. The summed E-state index contributed by atoms with van der Waals surface area (Å²) in [4.78, 5) is 12.6. The number of thioether (sulfide) groups is 1. The minimum atomic E-state index is -0.380. The number of hydrogen-bond acceptors (Lipinski definition) is 6. The van der Waals surface area contributed by atoms with E-state index in [4.69, 9.17) is 0 Å². The molecule has 1 N–H and O–H groups in total. The molecular formula is C18H23N7OS. The molecule has 0 fully saturated rings. The Labute approximate surface area is 162 Å². The molecule has 0 aliphatic carbocycles. The Morgan fingerprint density at radius 1 is 1.15 bits per heavy atom. The fourth-order valence-corrected chi connectivity index (χ4v) is 3.59. The van der Waals surface area contributed by atoms with Crippen LogP contribution in [0.3, 0.4) is 0 Å². The van der Waals surface area contributed by atoms with E-state index in [2.05, 4.69) is 25.9 Å². The van der Waals surface area contributed by atoms with Crippen molar-refractivity contribution >= 4 is 23.5 Å². The van der Waals surface area contributed by atoms with E-state index in [0.717, 1.165) is 16.8 Å². The van der Waals surface area contributed by atoms with Crippen molar-refractivity contribution in [3.8, 4) is 5.69 Å². The zero-order valence-electron chi connectivity index (χ0n) is 16.0. The largest absolute Gasteiger partial charge is 0.310 e. The lowest BCUT2D eigenvalue weighted by Gasteiger charge is -2.15. The number of benzene rings is 1. The van der Waals surface area contributed by atoms with Crippen molar-refractivity contribution in [2.24, 2.45) is 0 Å². The molecule has 9 heteroatoms. The molecule has 27 heavy (non-hydrogen) atoms. The molecule has 0 spiro atoms. The van der Waals surface area contributed by atoms with Crippen molar-refractivity contribution in [2.45, 2.75) is 51.1 Å². The third-order valence-electron chi connectivity index (χ3n) is 4.15. The Balaban J connectivity index is 1.77. The second-order valence-corrected chi connectivity index (χ2v) is 7.93. The lowest BCUT2D eigenvalue weighted by Crippen LogP contribution is -2.25. The molecule has 1 atom stereocenters. The van der Waals surface area contributed by atoms with Crippen LogP contribution < -0.4 is 5.32 Å². The normalized spacial score (nSPS) is 12.4. The van der Waals surface area contributed by atoms with Gasteiger partial charge in [-0.2, -0.15) is 9.78 Å². The molecule has 8 nitrogen and oxygen atoms in total. The number of amides is 1. The Bertz CT molecular complexity index is 927. The van der Waals surface area contributed by atoms with Gasteiger partial charge in [-0.05, 0) is 56.2 Å². The molecule has 1 amide bonds. The summed E-state index contributed by atoms with van der Waals surface area (Å²) in [7, 11) is 0. The Kier molecular flexibility index (Phi) is 5.59. The molecular weight excluding hydrogens is 362 g/mol. The number of anilines is 1. The molecule has 2 aromatic heterocycles. The number of carbonyl (C=O) groups excluding carboxylic acids is 1. The lowest BCUT2D eigenvalue weighted by atomic mass is 10.1. The van der Waals surface area contributed by atoms with Crippen LogP contribution in [-0.2, 0) is 4.79 Å². The number of aryl methyl sites for hydroxylation is 2. The van der Waals surface area contributed by atoms with E-state index < -0.39 is 0 Å². The van der Waals surface area contributed by atoms with Gasteiger partial charge >= 0.3 is 0 Å². The number of carbonyl (C=O) groups is 1. The van der Waals surface area contributed by atoms with Crippen LogP contribution in [-0.4, -0.2) is 41.1 Å². The summed E-state index contributed by atoms with van der Waals surface area (Å²) < 4.78 is 3.47. The summed E-state index contributed by atoms with van der Waals surface area (Å²) in [6.07, 6.45) is 1.68. The second kappa shape index (κ2) is 7.91. The number of nitrogens with zero attached hydrogens (tertiary/aromatic N) is 6. The predicted octanol–water partition coefficient (Wildman–Crippen LogP) is 3.18. The maximum atomic E-state index is 12.6. The number of para-hydroxylation sites is 1. The van der Waals surface area contributed by atoms with Gasteiger partial charge < -0.3 is 5.32 Å². The summed E-state index contributed by atoms with van der Waals surface area (Å²) >= 11 is 1.32. The van der Waals surface area contributed by atoms with Crippen molar-refractivity contribution in [1.29, 1.82) is 0 Å². The van der Waals surface area contributed by atoms with Gasteiger partial charge in [-0.25, -0.2) is 4.68 Å². The molecule has 1 aromatic carbocycles. The number of hydrogen-bond donors (Lipinski definition) is 1. The van der Waals surface area contributed by atoms with Crippen molar-refractivity contribution in [3.05, 3.63) is 41.6 Å². The molecule has 0 aliphatic heterocycles. The van der Waals surface area contributed by atoms with Crippen LogP contribution in [0.25, 0.3) is 5.69 Å². The van der Waals surface area contributed by atoms with E-state index in [-0.39, 0.29) is 17.2 Å². The van der Waals surface area contributed by atoms with E-state index >= 15 is 0 Å². The standard InChI is InChI=1S/C18H23N7OS/c1-11(2)24-15(9-10-19-24)20-17(26)14(5)27-18-21-22-23-25(18)16-12(3)7-6-8-13(16)4/h6-11,14H,1-5H3,(H,20,26). The summed E-state index contributed by atoms with van der Waals surface area (Å²) in [6.45, 7) is 9.89. The van der Waals surface area contributed by atoms with Gasteiger partial charge in [0.15, 0.2) is 0 Å². The zero-order chi connectivity index (χ0) is 19.6. The topological polar surface area (TPSA) is 90.5 Å². The quantitative estimate of drug-likeness (QED) is 0.656. The summed E-state index contributed by atoms with van der Waals surface area (Å²) in [5, 5.41) is 19.4. The van der Waals surface area contributed by atoms with Gasteiger partial charge in [0, 0.05) is 12.1 Å². The molecule has 142 valence electrons. The predicted molar refractivity (Wildman–Crippen MR) is 105 cm³/mol. The molecule has 3 rings (SSSR count). The first kappa shape index (κ1) is 19.1. The van der Waals surface area contributed by atoms with Crippen LogP contribution in [0.15, 0.2) is 35.6 Å². The van der Waals surface area contributed by atoms with Crippen LogP contribution >= 0.6 is 11.8 Å². The first-order chi connectivity index (χ1) is 12.9. The highest BCUT2D eigenvalue weighted by atomic mass is 32.2. The highest BCUT2D eigenvalue weighted by molar-refractivity contribution is 8.00. The third-order valence-corrected chi connectivity index (χ3v) is 5.19. The minimum Gasteiger partial charge on any atom is -0.310 e. The zero-order valence-corrected chi connectivity index (χ0v) is 16.9. The van der Waals surface area contributed by atoms with E-state index in [1.165, 1.54) is 11.8 Å². The molecule has 1 unspecified atom stereocenters. The lowest BCUT2D eigenvalue weighted by molar-refractivity contribution is -0.115. The highest BCUT2D eigenvalue weighted by Crippen LogP contribution is 2.27. The van der Waals surface area contributed by atoms with Gasteiger partial charge in [0.05, 0.1) is 17.1 Å². The number of tetrazole rings is 1. The molecule has 0 aliphatic rings. The monoisotopic (exact) mass is 385 g/mol. The van der Waals surface area contributed by atoms with Gasteiger partial charge in [0.1, 0.15) is 5.82 Å². The summed E-state index contributed by atoms with van der Waals surface area (Å²) in [6, 6.07) is 7.98. The molecule has 3 aromatic rings. The van der Waals surface area contributed by atoms with Crippen molar-refractivity contribution in [1.82, 2.24) is 30.0 Å². The second-order valence-electron chi connectivity index (χ2n) is 6.62. The van der Waals surface area contributed by atoms with Crippen LogP contribution in [0.1, 0.15) is 37.9 Å². The number of nitrogens with one attached hydrogen (secondary N) is 1. The summed E-state index contributed by atoms with van der Waals surface area (Å²) in [5.74, 6) is 0.551. The van der Waals surface area contributed by atoms with Crippen LogP contribution in [0.2, 0.25) is 0 Å². The van der Waals surface area contributed by atoms with Gasteiger partial charge in [-0.1, -0.05) is 30.0 Å². The first-order valence-electron chi connectivity index (χ1n) is 8.74. The molecule has 0 bridgehead atoms. The van der Waals surface area contributed by atoms with E-state index in [1.807, 2.05) is 52.8 Å². The number of aromatic nitrogens is 6. The maximum Gasteiger partial charge on any atom is 0.238 e. The molecule has 0 radical (unpaired) electrons. The van der Waals surface area contributed by atoms with Crippen molar-refractivity contribution in [3.63, 3.8) is 0 Å². The Morgan fingerprint density at radius 3 is 2.52 bits per heavy atom. The molecule has 0 saturated carbocycles. The average molecular weight is 385 g/mol. The SMILES string of the molecule is Cc1cccc(C)c1-n1nnnc1SC(C)C(=O)Nc1ccnn1C(C)C. The van der Waals surface area contributed by atoms with Crippen molar-refractivity contribution in [2.75, 3.05) is 5.32 Å². The number of rotatable bonds is 6. The fourth-order valence-electron chi connectivity index (χ4n) is 2.80. The van der Waals surface area contributed by atoms with Gasteiger partial charge in [0.25, 0.3) is 0 Å². The van der Waals surface area contributed by atoms with E-state index in [0.29, 0.717) is 11.0 Å². The van der Waals surface area contributed by atoms with Gasteiger partial charge in [-0.15, -0.1) is 5.10 Å². The van der Waals surface area contributed by atoms with Crippen LogP contribution in [0, 0.1) is 13.8 Å². The highest BCUT2D eigenvalue weighted by Gasteiger charge is 2.21. The maximum absolute atomic E-state index is 12.6. The Hall–Kier alpha value is -2.68.